The number of methoxy groups -OCH3 is 1. The summed E-state index contributed by atoms with van der Waals surface area (Å²) in [4.78, 5) is 8.66. The molecule has 2 N–H and O–H groups in total. The number of ether oxygens (including phenoxy) is 1. The Kier molecular flexibility index (Phi) is 4.30. The van der Waals surface area contributed by atoms with Gasteiger partial charge >= 0.3 is 0 Å². The van der Waals surface area contributed by atoms with Crippen LogP contribution >= 0.6 is 0 Å². The minimum absolute atomic E-state index is 0.383. The Hall–Kier alpha value is -2.15. The zero-order valence-corrected chi connectivity index (χ0v) is 11.3. The van der Waals surface area contributed by atoms with Crippen molar-refractivity contribution in [2.75, 3.05) is 24.8 Å². The van der Waals surface area contributed by atoms with Crippen LogP contribution in [0.5, 0.6) is 0 Å². The maximum absolute atomic E-state index is 5.05. The van der Waals surface area contributed by atoms with Gasteiger partial charge in [0.15, 0.2) is 5.82 Å². The Balaban J connectivity index is 2.08. The lowest BCUT2D eigenvalue weighted by Gasteiger charge is -2.08. The van der Waals surface area contributed by atoms with E-state index in [0.29, 0.717) is 19.0 Å². The summed E-state index contributed by atoms with van der Waals surface area (Å²) in [5.41, 5.74) is 0.959. The minimum Gasteiger partial charge on any atom is -0.377 e. The molecule has 19 heavy (non-hydrogen) atoms. The zero-order chi connectivity index (χ0) is 13.7. The SMILES string of the molecule is CNc1cc(NCc2ccn(C)n2)nc(COC)n1. The van der Waals surface area contributed by atoms with Crippen LogP contribution in [0, 0.1) is 0 Å². The highest BCUT2D eigenvalue weighted by Gasteiger charge is 2.04. The predicted molar refractivity (Wildman–Crippen MR) is 72.8 cm³/mol. The molecule has 0 saturated carbocycles. The van der Waals surface area contributed by atoms with E-state index < -0.39 is 0 Å². The van der Waals surface area contributed by atoms with Crippen molar-refractivity contribution in [1.82, 2.24) is 19.7 Å². The molecule has 7 nitrogen and oxygen atoms in total. The van der Waals surface area contributed by atoms with E-state index in [1.54, 1.807) is 11.8 Å². The Bertz CT molecular complexity index is 539. The van der Waals surface area contributed by atoms with E-state index in [-0.39, 0.29) is 0 Å². The van der Waals surface area contributed by atoms with Gasteiger partial charge in [-0.25, -0.2) is 9.97 Å². The van der Waals surface area contributed by atoms with Gasteiger partial charge in [-0.2, -0.15) is 5.10 Å². The van der Waals surface area contributed by atoms with Gasteiger partial charge in [0.25, 0.3) is 0 Å². The number of rotatable bonds is 6. The molecule has 0 radical (unpaired) electrons. The van der Waals surface area contributed by atoms with E-state index in [0.717, 1.165) is 17.3 Å². The van der Waals surface area contributed by atoms with E-state index in [4.69, 9.17) is 4.74 Å². The van der Waals surface area contributed by atoms with E-state index in [1.165, 1.54) is 0 Å². The molecule has 0 spiro atoms. The monoisotopic (exact) mass is 262 g/mol. The number of anilines is 2. The van der Waals surface area contributed by atoms with Gasteiger partial charge in [0.1, 0.15) is 18.2 Å². The van der Waals surface area contributed by atoms with Gasteiger partial charge in [0.05, 0.1) is 12.2 Å². The predicted octanol–water partition coefficient (Wildman–Crippen LogP) is 1.01. The number of hydrogen-bond donors (Lipinski definition) is 2. The summed E-state index contributed by atoms with van der Waals surface area (Å²) < 4.78 is 6.82. The van der Waals surface area contributed by atoms with Crippen LogP contribution < -0.4 is 10.6 Å². The van der Waals surface area contributed by atoms with Crippen molar-refractivity contribution in [3.05, 3.63) is 29.8 Å². The molecular weight excluding hydrogens is 244 g/mol. The summed E-state index contributed by atoms with van der Waals surface area (Å²) in [5, 5.41) is 10.5. The maximum atomic E-state index is 5.05. The number of nitrogens with one attached hydrogen (secondary N) is 2. The quantitative estimate of drug-likeness (QED) is 0.809. The van der Waals surface area contributed by atoms with Crippen molar-refractivity contribution in [3.63, 3.8) is 0 Å². The van der Waals surface area contributed by atoms with Gasteiger partial charge < -0.3 is 15.4 Å². The molecule has 2 rings (SSSR count). The van der Waals surface area contributed by atoms with Crippen molar-refractivity contribution >= 4 is 11.6 Å². The zero-order valence-electron chi connectivity index (χ0n) is 11.3. The topological polar surface area (TPSA) is 76.9 Å². The smallest absolute Gasteiger partial charge is 0.158 e. The van der Waals surface area contributed by atoms with Gasteiger partial charge in [-0.1, -0.05) is 0 Å². The van der Waals surface area contributed by atoms with Crippen LogP contribution in [0.1, 0.15) is 11.5 Å². The molecule has 0 aromatic carbocycles. The molecule has 0 fully saturated rings. The second kappa shape index (κ2) is 6.14. The molecule has 2 heterocycles. The molecule has 0 aliphatic rings. The van der Waals surface area contributed by atoms with Crippen molar-refractivity contribution in [3.8, 4) is 0 Å². The van der Waals surface area contributed by atoms with Crippen LogP contribution in [-0.2, 0) is 24.9 Å². The van der Waals surface area contributed by atoms with Gasteiger partial charge in [-0.15, -0.1) is 0 Å². The first-order chi connectivity index (χ1) is 9.21. The van der Waals surface area contributed by atoms with Gasteiger partial charge in [0, 0.05) is 33.5 Å². The number of hydrogen-bond acceptors (Lipinski definition) is 6. The van der Waals surface area contributed by atoms with Crippen LogP contribution in [-0.4, -0.2) is 33.9 Å². The molecule has 0 atom stereocenters. The summed E-state index contributed by atoms with van der Waals surface area (Å²) in [5.74, 6) is 2.14. The molecule has 0 bridgehead atoms. The molecule has 0 aliphatic heterocycles. The van der Waals surface area contributed by atoms with Crippen molar-refractivity contribution in [2.45, 2.75) is 13.2 Å². The second-order valence-corrected chi connectivity index (χ2v) is 4.07. The summed E-state index contributed by atoms with van der Waals surface area (Å²) in [7, 11) is 5.34. The lowest BCUT2D eigenvalue weighted by atomic mass is 10.4. The molecule has 0 amide bonds. The van der Waals surface area contributed by atoms with Gasteiger partial charge in [-0.3, -0.25) is 4.68 Å². The fourth-order valence-corrected chi connectivity index (χ4v) is 1.65. The summed E-state index contributed by atoms with van der Waals surface area (Å²) in [6, 6.07) is 3.81. The van der Waals surface area contributed by atoms with Crippen molar-refractivity contribution in [2.24, 2.45) is 7.05 Å². The van der Waals surface area contributed by atoms with Crippen LogP contribution in [0.15, 0.2) is 18.3 Å². The highest BCUT2D eigenvalue weighted by Crippen LogP contribution is 2.12. The van der Waals surface area contributed by atoms with Crippen LogP contribution in [0.25, 0.3) is 0 Å². The minimum atomic E-state index is 0.383. The lowest BCUT2D eigenvalue weighted by Crippen LogP contribution is -2.07. The number of nitrogens with zero attached hydrogens (tertiary/aromatic N) is 4. The maximum Gasteiger partial charge on any atom is 0.158 e. The molecule has 0 unspecified atom stereocenters. The van der Waals surface area contributed by atoms with E-state index in [1.807, 2.05) is 32.4 Å². The Labute approximate surface area is 112 Å². The molecule has 0 aliphatic carbocycles. The number of aryl methyl sites for hydroxylation is 1. The van der Waals surface area contributed by atoms with Crippen molar-refractivity contribution < 1.29 is 4.74 Å². The van der Waals surface area contributed by atoms with E-state index >= 15 is 0 Å². The number of aromatic nitrogens is 4. The average molecular weight is 262 g/mol. The molecule has 0 saturated heterocycles. The third-order valence-corrected chi connectivity index (χ3v) is 2.52. The van der Waals surface area contributed by atoms with Crippen LogP contribution in [0.3, 0.4) is 0 Å². The van der Waals surface area contributed by atoms with Crippen molar-refractivity contribution in [1.29, 1.82) is 0 Å². The van der Waals surface area contributed by atoms with Gasteiger partial charge in [-0.05, 0) is 6.07 Å². The summed E-state index contributed by atoms with van der Waals surface area (Å²) >= 11 is 0. The summed E-state index contributed by atoms with van der Waals surface area (Å²) in [6.07, 6.45) is 1.91. The Morgan fingerprint density at radius 1 is 1.32 bits per heavy atom. The molecule has 2 aromatic heterocycles. The fraction of sp³-hybridized carbons (Fsp3) is 0.417. The average Bonchev–Trinajstić information content (AvgIpc) is 2.82. The highest BCUT2D eigenvalue weighted by molar-refractivity contribution is 5.47. The second-order valence-electron chi connectivity index (χ2n) is 4.07. The molecule has 102 valence electrons. The molecular formula is C12H18N6O. The standard InChI is InChI=1S/C12H18N6O/c1-13-10-6-11(16-12(15-10)8-19-3)14-7-9-4-5-18(2)17-9/h4-6H,7-8H2,1-3H3,(H2,13,14,15,16). The first-order valence-electron chi connectivity index (χ1n) is 5.98. The van der Waals surface area contributed by atoms with E-state index in [2.05, 4.69) is 25.7 Å². The van der Waals surface area contributed by atoms with Gasteiger partial charge in [0.2, 0.25) is 0 Å². The first kappa shape index (κ1) is 13.3. The van der Waals surface area contributed by atoms with E-state index in [9.17, 15) is 0 Å². The molecule has 2 aromatic rings. The normalized spacial score (nSPS) is 10.5. The third-order valence-electron chi connectivity index (χ3n) is 2.52. The highest BCUT2D eigenvalue weighted by atomic mass is 16.5. The Morgan fingerprint density at radius 3 is 2.74 bits per heavy atom. The largest absolute Gasteiger partial charge is 0.377 e. The molecule has 7 heteroatoms. The lowest BCUT2D eigenvalue weighted by molar-refractivity contribution is 0.178. The summed E-state index contributed by atoms with van der Waals surface area (Å²) in [6.45, 7) is 1.00. The first-order valence-corrected chi connectivity index (χ1v) is 5.98. The fourth-order valence-electron chi connectivity index (χ4n) is 1.65. The van der Waals surface area contributed by atoms with Crippen LogP contribution in [0.4, 0.5) is 11.6 Å². The Morgan fingerprint density at radius 2 is 2.11 bits per heavy atom. The van der Waals surface area contributed by atoms with Crippen LogP contribution in [0.2, 0.25) is 0 Å². The third kappa shape index (κ3) is 3.65.